The highest BCUT2D eigenvalue weighted by Gasteiger charge is 2.15. The van der Waals surface area contributed by atoms with E-state index in [1.807, 2.05) is 55.6 Å². The number of carbonyl (C=O) groups is 2. The van der Waals surface area contributed by atoms with Crippen LogP contribution in [0.1, 0.15) is 21.6 Å². The summed E-state index contributed by atoms with van der Waals surface area (Å²) >= 11 is 1.36. The van der Waals surface area contributed by atoms with Crippen molar-refractivity contribution in [1.82, 2.24) is 15.3 Å². The van der Waals surface area contributed by atoms with E-state index < -0.39 is 0 Å². The van der Waals surface area contributed by atoms with Gasteiger partial charge >= 0.3 is 0 Å². The Labute approximate surface area is 172 Å². The first-order valence-corrected chi connectivity index (χ1v) is 10.1. The summed E-state index contributed by atoms with van der Waals surface area (Å²) in [6.45, 7) is 3.84. The third kappa shape index (κ3) is 4.05. The number of amides is 2. The minimum atomic E-state index is -0.318. The zero-order valence-corrected chi connectivity index (χ0v) is 16.9. The Hall–Kier alpha value is -3.45. The van der Waals surface area contributed by atoms with Gasteiger partial charge in [0.2, 0.25) is 5.91 Å². The molecule has 4 aromatic rings. The van der Waals surface area contributed by atoms with Crippen molar-refractivity contribution >= 4 is 39.2 Å². The molecule has 0 saturated carbocycles. The molecule has 0 saturated heterocycles. The summed E-state index contributed by atoms with van der Waals surface area (Å²) in [6, 6.07) is 15.2. The van der Waals surface area contributed by atoms with Gasteiger partial charge in [-0.2, -0.15) is 0 Å². The Bertz CT molecular complexity index is 1190. The first-order chi connectivity index (χ1) is 14.0. The van der Waals surface area contributed by atoms with Gasteiger partial charge in [-0.3, -0.25) is 9.59 Å². The molecule has 0 radical (unpaired) electrons. The Morgan fingerprint density at radius 1 is 1.07 bits per heavy atom. The Balaban J connectivity index is 1.41. The number of nitrogens with one attached hydrogen (secondary N) is 3. The summed E-state index contributed by atoms with van der Waals surface area (Å²) in [5.74, 6) is -0.601. The lowest BCUT2D eigenvalue weighted by Crippen LogP contribution is -2.32. The molecule has 3 N–H and O–H groups in total. The van der Waals surface area contributed by atoms with Crippen LogP contribution in [0.2, 0.25) is 0 Å². The van der Waals surface area contributed by atoms with Crippen LogP contribution in [-0.2, 0) is 4.79 Å². The van der Waals surface area contributed by atoms with E-state index in [1.54, 1.807) is 12.1 Å². The second kappa shape index (κ2) is 7.89. The van der Waals surface area contributed by atoms with Crippen LogP contribution in [0.15, 0.2) is 53.9 Å². The molecule has 0 spiro atoms. The molecule has 0 fully saturated rings. The zero-order chi connectivity index (χ0) is 20.4. The summed E-state index contributed by atoms with van der Waals surface area (Å²) in [5.41, 5.74) is 5.52. The Morgan fingerprint density at radius 2 is 1.83 bits per heavy atom. The maximum absolute atomic E-state index is 12.2. The van der Waals surface area contributed by atoms with Gasteiger partial charge in [0.1, 0.15) is 0 Å². The van der Waals surface area contributed by atoms with E-state index in [9.17, 15) is 9.59 Å². The number of aromatic nitrogens is 2. The number of para-hydroxylation sites is 1. The van der Waals surface area contributed by atoms with E-state index in [2.05, 4.69) is 20.6 Å². The summed E-state index contributed by atoms with van der Waals surface area (Å²) in [7, 11) is 0. The highest BCUT2D eigenvalue weighted by Crippen LogP contribution is 2.33. The maximum atomic E-state index is 12.2. The minimum absolute atomic E-state index is 0.117. The first kappa shape index (κ1) is 18.9. The molecule has 2 aromatic heterocycles. The molecule has 0 aliphatic carbocycles. The van der Waals surface area contributed by atoms with Crippen molar-refractivity contribution in [2.24, 2.45) is 0 Å². The number of rotatable bonds is 5. The van der Waals surface area contributed by atoms with Crippen molar-refractivity contribution in [2.75, 3.05) is 11.9 Å². The van der Waals surface area contributed by atoms with Crippen molar-refractivity contribution in [3.05, 3.63) is 70.7 Å². The predicted molar refractivity (Wildman–Crippen MR) is 116 cm³/mol. The van der Waals surface area contributed by atoms with Crippen LogP contribution in [0.5, 0.6) is 0 Å². The lowest BCUT2D eigenvalue weighted by atomic mass is 10.1. The van der Waals surface area contributed by atoms with Crippen molar-refractivity contribution in [1.29, 1.82) is 0 Å². The van der Waals surface area contributed by atoms with Crippen LogP contribution in [0.25, 0.3) is 22.2 Å². The maximum Gasteiger partial charge on any atom is 0.251 e. The fourth-order valence-electron chi connectivity index (χ4n) is 3.18. The second-order valence-corrected chi connectivity index (χ2v) is 7.66. The van der Waals surface area contributed by atoms with Crippen LogP contribution < -0.4 is 10.6 Å². The van der Waals surface area contributed by atoms with Gasteiger partial charge in [0.05, 0.1) is 12.2 Å². The number of benzene rings is 2. The molecule has 0 aliphatic heterocycles. The van der Waals surface area contributed by atoms with E-state index >= 15 is 0 Å². The van der Waals surface area contributed by atoms with E-state index in [4.69, 9.17) is 0 Å². The van der Waals surface area contributed by atoms with Crippen LogP contribution >= 0.6 is 11.3 Å². The first-order valence-electron chi connectivity index (χ1n) is 9.19. The van der Waals surface area contributed by atoms with Gasteiger partial charge < -0.3 is 15.6 Å². The lowest BCUT2D eigenvalue weighted by molar-refractivity contribution is -0.115. The van der Waals surface area contributed by atoms with Crippen LogP contribution in [0, 0.1) is 13.8 Å². The number of anilines is 1. The second-order valence-electron chi connectivity index (χ2n) is 6.81. The molecular weight excluding hydrogens is 384 g/mol. The molecule has 0 aliphatic rings. The summed E-state index contributed by atoms with van der Waals surface area (Å²) < 4.78 is 0. The number of aromatic amines is 1. The van der Waals surface area contributed by atoms with Gasteiger partial charge in [-0.25, -0.2) is 4.98 Å². The predicted octanol–water partition coefficient (Wildman–Crippen LogP) is 4.28. The third-order valence-corrected chi connectivity index (χ3v) is 5.38. The van der Waals surface area contributed by atoms with Crippen molar-refractivity contribution in [2.45, 2.75) is 13.8 Å². The molecular formula is C22H20N4O2S. The average Bonchev–Trinajstić information content (AvgIpc) is 3.29. The molecule has 6 nitrogen and oxygen atoms in total. The van der Waals surface area contributed by atoms with E-state index in [-0.39, 0.29) is 18.4 Å². The largest absolute Gasteiger partial charge is 0.358 e. The number of hydrogen-bond acceptors (Lipinski definition) is 4. The summed E-state index contributed by atoms with van der Waals surface area (Å²) in [6.07, 6.45) is 0. The van der Waals surface area contributed by atoms with Gasteiger partial charge in [0.15, 0.2) is 5.13 Å². The van der Waals surface area contributed by atoms with E-state index in [0.29, 0.717) is 10.7 Å². The molecule has 0 unspecified atom stereocenters. The highest BCUT2D eigenvalue weighted by molar-refractivity contribution is 7.14. The number of fused-ring (bicyclic) bond motifs is 1. The quantitative estimate of drug-likeness (QED) is 0.464. The molecule has 0 atom stereocenters. The molecule has 2 heterocycles. The molecule has 0 bridgehead atoms. The van der Waals surface area contributed by atoms with Crippen LogP contribution in [-0.4, -0.2) is 28.3 Å². The number of hydrogen-bond donors (Lipinski definition) is 3. The number of thiazole rings is 1. The average molecular weight is 404 g/mol. The number of aryl methyl sites for hydroxylation is 2. The molecule has 146 valence electrons. The monoisotopic (exact) mass is 404 g/mol. The molecule has 7 heteroatoms. The van der Waals surface area contributed by atoms with Crippen molar-refractivity contribution in [3.63, 3.8) is 0 Å². The lowest BCUT2D eigenvalue weighted by Gasteiger charge is -2.05. The number of nitrogens with zero attached hydrogens (tertiary/aromatic N) is 1. The molecule has 2 amide bonds. The van der Waals surface area contributed by atoms with Crippen molar-refractivity contribution < 1.29 is 9.59 Å². The van der Waals surface area contributed by atoms with Gasteiger partial charge in [-0.1, -0.05) is 35.9 Å². The van der Waals surface area contributed by atoms with E-state index in [0.717, 1.165) is 33.4 Å². The Morgan fingerprint density at radius 3 is 2.62 bits per heavy atom. The van der Waals surface area contributed by atoms with Gasteiger partial charge in [0.25, 0.3) is 5.91 Å². The van der Waals surface area contributed by atoms with Gasteiger partial charge in [0, 0.05) is 33.1 Å². The third-order valence-electron chi connectivity index (χ3n) is 4.62. The normalized spacial score (nSPS) is 10.8. The van der Waals surface area contributed by atoms with Gasteiger partial charge in [-0.05, 0) is 32.0 Å². The molecule has 2 aromatic carbocycles. The van der Waals surface area contributed by atoms with Crippen LogP contribution in [0.3, 0.4) is 0 Å². The van der Waals surface area contributed by atoms with Gasteiger partial charge in [-0.15, -0.1) is 11.3 Å². The summed E-state index contributed by atoms with van der Waals surface area (Å²) in [5, 5.41) is 8.89. The highest BCUT2D eigenvalue weighted by atomic mass is 32.1. The zero-order valence-electron chi connectivity index (χ0n) is 16.1. The van der Waals surface area contributed by atoms with Crippen LogP contribution in [0.4, 0.5) is 5.13 Å². The molecule has 29 heavy (non-hydrogen) atoms. The molecule has 4 rings (SSSR count). The van der Waals surface area contributed by atoms with E-state index in [1.165, 1.54) is 11.3 Å². The standard InChI is InChI=1S/C22H20N4O2S/c1-13-7-9-15(10-8-13)21(28)23-11-19(27)26-22-25-18(12-29-22)20-14(2)24-17-6-4-3-5-16(17)20/h3-10,12,24H,11H2,1-2H3,(H,23,28)(H,25,26,27). The SMILES string of the molecule is Cc1ccc(C(=O)NCC(=O)Nc2nc(-c3c(C)[nH]c4ccccc34)cs2)cc1. The fourth-order valence-corrected chi connectivity index (χ4v) is 3.90. The summed E-state index contributed by atoms with van der Waals surface area (Å²) in [4.78, 5) is 32.2. The fraction of sp³-hybridized carbons (Fsp3) is 0.136. The number of H-pyrrole nitrogens is 1. The van der Waals surface area contributed by atoms with Crippen molar-refractivity contribution in [3.8, 4) is 11.3 Å². The number of carbonyl (C=O) groups excluding carboxylic acids is 2. The smallest absolute Gasteiger partial charge is 0.251 e. The Kier molecular flexibility index (Phi) is 5.14. The topological polar surface area (TPSA) is 86.9 Å². The minimum Gasteiger partial charge on any atom is -0.358 e.